The van der Waals surface area contributed by atoms with E-state index in [0.29, 0.717) is 0 Å². The van der Waals surface area contributed by atoms with Gasteiger partial charge in [-0.3, -0.25) is 4.79 Å². The van der Waals surface area contributed by atoms with Crippen molar-refractivity contribution in [3.05, 3.63) is 34.3 Å². The highest BCUT2D eigenvalue weighted by Crippen LogP contribution is 2.41. The predicted octanol–water partition coefficient (Wildman–Crippen LogP) is 4.15. The lowest BCUT2D eigenvalue weighted by Gasteiger charge is -2.35. The van der Waals surface area contributed by atoms with Gasteiger partial charge in [0.1, 0.15) is 23.8 Å². The van der Waals surface area contributed by atoms with Crippen LogP contribution in [0.2, 0.25) is 0 Å². The Balaban J connectivity index is 1.88. The number of carbonyl (C=O) groups is 3. The number of halogens is 1. The highest BCUT2D eigenvalue weighted by molar-refractivity contribution is 9.10. The zero-order valence-electron chi connectivity index (χ0n) is 20.6. The first-order valence-electron chi connectivity index (χ1n) is 11.7. The fourth-order valence-corrected chi connectivity index (χ4v) is 5.07. The standard InChI is InChI=1S/C25H35BrN2O6/c1-24(2,3)20(27-23(31)34-18-8-6-7-9-18)21(29)28-15-25(33-5,14-19(28)22(30)32-4)16-10-12-17(26)13-11-16/h10-13,18-20H,6-9,14-15H2,1-5H3,(H,27,31)/t19-,20+,25-/m0/s1. The van der Waals surface area contributed by atoms with Crippen LogP contribution in [-0.2, 0) is 29.4 Å². The molecule has 8 nitrogen and oxygen atoms in total. The lowest BCUT2D eigenvalue weighted by molar-refractivity contribution is -0.152. The molecule has 0 aromatic heterocycles. The van der Waals surface area contributed by atoms with E-state index < -0.39 is 35.2 Å². The van der Waals surface area contributed by atoms with Crippen LogP contribution in [0.5, 0.6) is 0 Å². The van der Waals surface area contributed by atoms with Crippen LogP contribution in [0.25, 0.3) is 0 Å². The zero-order valence-corrected chi connectivity index (χ0v) is 22.1. The minimum atomic E-state index is -0.897. The molecule has 1 aliphatic carbocycles. The van der Waals surface area contributed by atoms with E-state index in [1.54, 1.807) is 7.11 Å². The fourth-order valence-electron chi connectivity index (χ4n) is 4.80. The first kappa shape index (κ1) is 26.5. The summed E-state index contributed by atoms with van der Waals surface area (Å²) < 4.78 is 17.4. The van der Waals surface area contributed by atoms with Crippen molar-refractivity contribution >= 4 is 33.9 Å². The van der Waals surface area contributed by atoms with Crippen LogP contribution in [0, 0.1) is 5.41 Å². The van der Waals surface area contributed by atoms with Gasteiger partial charge in [-0.2, -0.15) is 0 Å². The van der Waals surface area contributed by atoms with Gasteiger partial charge in [0.05, 0.1) is 13.7 Å². The molecule has 1 N–H and O–H groups in total. The molecule has 2 fully saturated rings. The largest absolute Gasteiger partial charge is 0.467 e. The summed E-state index contributed by atoms with van der Waals surface area (Å²) in [6.45, 7) is 5.75. The molecule has 0 radical (unpaired) electrons. The Hall–Kier alpha value is -2.13. The fraction of sp³-hybridized carbons (Fsp3) is 0.640. The van der Waals surface area contributed by atoms with Gasteiger partial charge in [0.25, 0.3) is 0 Å². The molecule has 3 atom stereocenters. The number of ether oxygens (including phenoxy) is 3. The molecule has 1 saturated carbocycles. The third-order valence-corrected chi connectivity index (χ3v) is 7.32. The van der Waals surface area contributed by atoms with Crippen molar-refractivity contribution < 1.29 is 28.6 Å². The number of rotatable bonds is 6. The second-order valence-electron chi connectivity index (χ2n) is 10.2. The van der Waals surface area contributed by atoms with Gasteiger partial charge in [-0.1, -0.05) is 48.8 Å². The Morgan fingerprint density at radius 2 is 1.74 bits per heavy atom. The Morgan fingerprint density at radius 3 is 2.26 bits per heavy atom. The van der Waals surface area contributed by atoms with E-state index in [1.807, 2.05) is 45.0 Å². The van der Waals surface area contributed by atoms with Crippen LogP contribution in [0.1, 0.15) is 58.4 Å². The SMILES string of the molecule is COC(=O)[C@@H]1C[C@@](OC)(c2ccc(Br)cc2)CN1C(=O)[C@@H](NC(=O)OC1CCCC1)C(C)(C)C. The molecule has 1 aliphatic heterocycles. The van der Waals surface area contributed by atoms with Gasteiger partial charge in [0.2, 0.25) is 5.91 Å². The van der Waals surface area contributed by atoms with Crippen LogP contribution in [-0.4, -0.2) is 61.8 Å². The minimum absolute atomic E-state index is 0.121. The summed E-state index contributed by atoms with van der Waals surface area (Å²) in [4.78, 5) is 40.8. The Morgan fingerprint density at radius 1 is 1.12 bits per heavy atom. The van der Waals surface area contributed by atoms with E-state index in [4.69, 9.17) is 14.2 Å². The van der Waals surface area contributed by atoms with E-state index in [9.17, 15) is 14.4 Å². The number of nitrogens with one attached hydrogen (secondary N) is 1. The van der Waals surface area contributed by atoms with Gasteiger partial charge in [-0.15, -0.1) is 0 Å². The van der Waals surface area contributed by atoms with Gasteiger partial charge in [0, 0.05) is 18.0 Å². The van der Waals surface area contributed by atoms with Crippen LogP contribution in [0.3, 0.4) is 0 Å². The summed E-state index contributed by atoms with van der Waals surface area (Å²) in [5.41, 5.74) is -0.659. The number of likely N-dealkylation sites (tertiary alicyclic amines) is 1. The maximum atomic E-state index is 13.9. The summed E-state index contributed by atoms with van der Waals surface area (Å²) in [7, 11) is 2.87. The average Bonchev–Trinajstić information content (AvgIpc) is 3.45. The average molecular weight is 539 g/mol. The molecule has 34 heavy (non-hydrogen) atoms. The van der Waals surface area contributed by atoms with Crippen LogP contribution < -0.4 is 5.32 Å². The number of hydrogen-bond donors (Lipinski definition) is 1. The summed E-state index contributed by atoms with van der Waals surface area (Å²) in [5.74, 6) is -0.895. The molecule has 0 unspecified atom stereocenters. The van der Waals surface area contributed by atoms with Gasteiger partial charge in [0.15, 0.2) is 0 Å². The first-order chi connectivity index (χ1) is 16.0. The van der Waals surface area contributed by atoms with E-state index in [2.05, 4.69) is 21.2 Å². The summed E-state index contributed by atoms with van der Waals surface area (Å²) >= 11 is 3.44. The molecular weight excluding hydrogens is 504 g/mol. The van der Waals surface area contributed by atoms with Gasteiger partial charge < -0.3 is 24.4 Å². The second-order valence-corrected chi connectivity index (χ2v) is 11.1. The van der Waals surface area contributed by atoms with Gasteiger partial charge in [-0.05, 0) is 48.8 Å². The predicted molar refractivity (Wildman–Crippen MR) is 130 cm³/mol. The number of hydrogen-bond acceptors (Lipinski definition) is 6. The molecular formula is C25H35BrN2O6. The third-order valence-electron chi connectivity index (χ3n) is 6.79. The lowest BCUT2D eigenvalue weighted by Crippen LogP contribution is -2.57. The summed E-state index contributed by atoms with van der Waals surface area (Å²) in [6.07, 6.45) is 3.24. The highest BCUT2D eigenvalue weighted by atomic mass is 79.9. The van der Waals surface area contributed by atoms with Crippen molar-refractivity contribution in [3.63, 3.8) is 0 Å². The van der Waals surface area contributed by atoms with Crippen molar-refractivity contribution in [2.45, 2.75) is 76.7 Å². The molecule has 3 rings (SSSR count). The number of benzene rings is 1. The molecule has 1 saturated heterocycles. The third kappa shape index (κ3) is 5.74. The Kier molecular flexibility index (Phi) is 8.29. The lowest BCUT2D eigenvalue weighted by atomic mass is 9.85. The number of nitrogens with zero attached hydrogens (tertiary/aromatic N) is 1. The maximum Gasteiger partial charge on any atom is 0.408 e. The van der Waals surface area contributed by atoms with Crippen molar-refractivity contribution in [3.8, 4) is 0 Å². The molecule has 0 spiro atoms. The molecule has 1 aromatic carbocycles. The number of esters is 1. The quantitative estimate of drug-likeness (QED) is 0.546. The topological polar surface area (TPSA) is 94.2 Å². The van der Waals surface area contributed by atoms with Crippen molar-refractivity contribution in [2.75, 3.05) is 20.8 Å². The van der Waals surface area contributed by atoms with Crippen molar-refractivity contribution in [1.82, 2.24) is 10.2 Å². The minimum Gasteiger partial charge on any atom is -0.467 e. The van der Waals surface area contributed by atoms with Crippen LogP contribution in [0.4, 0.5) is 4.79 Å². The summed E-state index contributed by atoms with van der Waals surface area (Å²) in [6, 6.07) is 5.87. The zero-order chi connectivity index (χ0) is 25.1. The molecule has 2 amide bonds. The number of amides is 2. The molecule has 1 aromatic rings. The monoisotopic (exact) mass is 538 g/mol. The normalized spacial score (nSPS) is 24.1. The van der Waals surface area contributed by atoms with E-state index in [-0.39, 0.29) is 25.0 Å². The maximum absolute atomic E-state index is 13.9. The first-order valence-corrected chi connectivity index (χ1v) is 12.5. The second kappa shape index (κ2) is 10.6. The van der Waals surface area contributed by atoms with Crippen molar-refractivity contribution in [1.29, 1.82) is 0 Å². The Labute approximate surface area is 209 Å². The number of alkyl carbamates (subject to hydrolysis) is 1. The number of carbonyl (C=O) groups excluding carboxylic acids is 3. The van der Waals surface area contributed by atoms with Gasteiger partial charge >= 0.3 is 12.1 Å². The van der Waals surface area contributed by atoms with E-state index in [1.165, 1.54) is 12.0 Å². The Bertz CT molecular complexity index is 894. The molecule has 188 valence electrons. The molecule has 2 aliphatic rings. The molecule has 0 bridgehead atoms. The molecule has 1 heterocycles. The van der Waals surface area contributed by atoms with Crippen molar-refractivity contribution in [2.24, 2.45) is 5.41 Å². The van der Waals surface area contributed by atoms with Crippen LogP contribution in [0.15, 0.2) is 28.7 Å². The highest BCUT2D eigenvalue weighted by Gasteiger charge is 2.53. The van der Waals surface area contributed by atoms with E-state index in [0.717, 1.165) is 35.7 Å². The molecule has 9 heteroatoms. The number of methoxy groups -OCH3 is 2. The smallest absolute Gasteiger partial charge is 0.408 e. The van der Waals surface area contributed by atoms with Gasteiger partial charge in [-0.25, -0.2) is 9.59 Å². The van der Waals surface area contributed by atoms with Crippen LogP contribution >= 0.6 is 15.9 Å². The summed E-state index contributed by atoms with van der Waals surface area (Å²) in [5, 5.41) is 2.78. The van der Waals surface area contributed by atoms with E-state index >= 15 is 0 Å².